The Hall–Kier alpha value is -3.49. The fourth-order valence-corrected chi connectivity index (χ4v) is 4.30. The van der Waals surface area contributed by atoms with E-state index in [2.05, 4.69) is 10.2 Å². The van der Waals surface area contributed by atoms with Crippen molar-refractivity contribution in [2.45, 2.75) is 72.3 Å². The lowest BCUT2D eigenvalue weighted by Gasteiger charge is -2.35. The lowest BCUT2D eigenvalue weighted by Crippen LogP contribution is -2.45. The zero-order valence-corrected chi connectivity index (χ0v) is 22.4. The minimum absolute atomic E-state index is 0.0243. The molecule has 0 radical (unpaired) electrons. The van der Waals surface area contributed by atoms with Gasteiger partial charge in [-0.05, 0) is 68.9 Å². The molecule has 1 aromatic heterocycles. The number of aromatic amines is 1. The van der Waals surface area contributed by atoms with E-state index in [1.54, 1.807) is 4.90 Å². The zero-order valence-electron chi connectivity index (χ0n) is 22.4. The van der Waals surface area contributed by atoms with E-state index in [1.807, 2.05) is 34.6 Å². The molecule has 4 rings (SSSR count). The van der Waals surface area contributed by atoms with Crippen molar-refractivity contribution in [1.29, 1.82) is 0 Å². The van der Waals surface area contributed by atoms with Crippen LogP contribution in [0.4, 0.5) is 8.78 Å². The van der Waals surface area contributed by atoms with Gasteiger partial charge in [-0.15, -0.1) is 0 Å². The fraction of sp³-hybridized carbons (Fsp3) is 0.464. The molecule has 5 N–H and O–H groups in total. The van der Waals surface area contributed by atoms with E-state index in [-0.39, 0.29) is 39.9 Å². The number of allylic oxidation sites excluding steroid dienone is 2. The SMILES string of the molecule is CC.CC.CC1(N(CC2CCCC(/C=C(\N)c3c(F)cccc3F)=C2N)C(=O)c2ccc(=O)[nH]n2)CC1. The fourth-order valence-electron chi connectivity index (χ4n) is 4.30. The Kier molecular flexibility index (Phi) is 10.6. The van der Waals surface area contributed by atoms with E-state index in [0.717, 1.165) is 43.4 Å². The molecular weight excluding hydrogens is 476 g/mol. The topological polar surface area (TPSA) is 118 Å². The molecule has 7 nitrogen and oxygen atoms in total. The molecule has 2 aliphatic carbocycles. The van der Waals surface area contributed by atoms with Gasteiger partial charge in [0, 0.05) is 35.5 Å². The van der Waals surface area contributed by atoms with E-state index in [4.69, 9.17) is 11.5 Å². The minimum Gasteiger partial charge on any atom is -0.402 e. The van der Waals surface area contributed by atoms with Gasteiger partial charge in [0.1, 0.15) is 17.3 Å². The highest BCUT2D eigenvalue weighted by Crippen LogP contribution is 2.43. The minimum atomic E-state index is -0.734. The van der Waals surface area contributed by atoms with Crippen molar-refractivity contribution in [2.75, 3.05) is 6.54 Å². The number of amides is 1. The van der Waals surface area contributed by atoms with E-state index in [0.29, 0.717) is 18.7 Å². The number of hydrogen-bond acceptors (Lipinski definition) is 5. The number of nitrogens with one attached hydrogen (secondary N) is 1. The Labute approximate surface area is 217 Å². The van der Waals surface area contributed by atoms with Gasteiger partial charge in [-0.25, -0.2) is 13.9 Å². The number of nitrogens with two attached hydrogens (primary N) is 2. The summed E-state index contributed by atoms with van der Waals surface area (Å²) >= 11 is 0. The molecule has 1 atom stereocenters. The van der Waals surface area contributed by atoms with Gasteiger partial charge in [0.05, 0.1) is 5.56 Å². The molecule has 0 saturated heterocycles. The number of nitrogens with zero attached hydrogens (tertiary/aromatic N) is 2. The summed E-state index contributed by atoms with van der Waals surface area (Å²) in [5.41, 5.74) is 13.0. The quantitative estimate of drug-likeness (QED) is 0.494. The zero-order chi connectivity index (χ0) is 27.8. The second kappa shape index (κ2) is 13.2. The smallest absolute Gasteiger partial charge is 0.274 e. The largest absolute Gasteiger partial charge is 0.402 e. The molecular formula is C28H39F2N5O2. The van der Waals surface area contributed by atoms with Gasteiger partial charge in [0.25, 0.3) is 11.5 Å². The van der Waals surface area contributed by atoms with Gasteiger partial charge in [-0.1, -0.05) is 33.8 Å². The van der Waals surface area contributed by atoms with Crippen molar-refractivity contribution < 1.29 is 13.6 Å². The van der Waals surface area contributed by atoms with Gasteiger partial charge < -0.3 is 16.4 Å². The molecule has 1 heterocycles. The molecule has 9 heteroatoms. The first-order chi connectivity index (χ1) is 17.7. The summed E-state index contributed by atoms with van der Waals surface area (Å²) in [4.78, 5) is 26.3. The molecule has 1 aromatic carbocycles. The third-order valence-electron chi connectivity index (χ3n) is 6.56. The molecule has 0 aliphatic heterocycles. The van der Waals surface area contributed by atoms with E-state index < -0.39 is 11.6 Å². The second-order valence-corrected chi connectivity index (χ2v) is 8.99. The Morgan fingerprint density at radius 2 is 1.78 bits per heavy atom. The van der Waals surface area contributed by atoms with Gasteiger partial charge in [-0.3, -0.25) is 9.59 Å². The molecule has 37 heavy (non-hydrogen) atoms. The number of carbonyl (C=O) groups is 1. The van der Waals surface area contributed by atoms with Gasteiger partial charge in [0.15, 0.2) is 0 Å². The Balaban J connectivity index is 0.00000115. The second-order valence-electron chi connectivity index (χ2n) is 8.99. The molecule has 1 fully saturated rings. The van der Waals surface area contributed by atoms with Crippen molar-refractivity contribution >= 4 is 11.6 Å². The highest BCUT2D eigenvalue weighted by Gasteiger charge is 2.47. The van der Waals surface area contributed by atoms with Crippen LogP contribution in [0.5, 0.6) is 0 Å². The van der Waals surface area contributed by atoms with Crippen LogP contribution in [0.15, 0.2) is 52.5 Å². The molecule has 1 unspecified atom stereocenters. The average molecular weight is 516 g/mol. The van der Waals surface area contributed by atoms with E-state index >= 15 is 0 Å². The van der Waals surface area contributed by atoms with Crippen LogP contribution in [-0.4, -0.2) is 33.1 Å². The first kappa shape index (κ1) is 29.7. The Morgan fingerprint density at radius 3 is 2.32 bits per heavy atom. The maximum Gasteiger partial charge on any atom is 0.274 e. The summed E-state index contributed by atoms with van der Waals surface area (Å²) in [6.45, 7) is 10.4. The van der Waals surface area contributed by atoms with Crippen LogP contribution in [0.3, 0.4) is 0 Å². The van der Waals surface area contributed by atoms with Crippen molar-refractivity contribution in [1.82, 2.24) is 15.1 Å². The third kappa shape index (κ3) is 7.05. The van der Waals surface area contributed by atoms with Crippen molar-refractivity contribution in [3.63, 3.8) is 0 Å². The number of carbonyl (C=O) groups excluding carboxylic acids is 1. The van der Waals surface area contributed by atoms with Crippen LogP contribution in [-0.2, 0) is 0 Å². The normalized spacial score (nSPS) is 18.1. The molecule has 2 aromatic rings. The van der Waals surface area contributed by atoms with Crippen LogP contribution in [0.1, 0.15) is 82.8 Å². The number of H-pyrrole nitrogens is 1. The summed E-state index contributed by atoms with van der Waals surface area (Å²) in [6.07, 6.45) is 5.48. The van der Waals surface area contributed by atoms with E-state index in [1.165, 1.54) is 24.3 Å². The highest BCUT2D eigenvalue weighted by molar-refractivity contribution is 5.93. The first-order valence-corrected chi connectivity index (χ1v) is 13.0. The molecule has 1 saturated carbocycles. The predicted octanol–water partition coefficient (Wildman–Crippen LogP) is 5.11. The first-order valence-electron chi connectivity index (χ1n) is 13.0. The third-order valence-corrected chi connectivity index (χ3v) is 6.56. The van der Waals surface area contributed by atoms with Crippen LogP contribution in [0.2, 0.25) is 0 Å². The molecule has 202 valence electrons. The summed E-state index contributed by atoms with van der Waals surface area (Å²) in [5.74, 6) is -1.87. The molecule has 2 aliphatic rings. The molecule has 0 spiro atoms. The number of hydrogen-bond donors (Lipinski definition) is 3. The Morgan fingerprint density at radius 1 is 1.16 bits per heavy atom. The summed E-state index contributed by atoms with van der Waals surface area (Å²) in [5, 5.41) is 6.19. The summed E-state index contributed by atoms with van der Waals surface area (Å²) in [6, 6.07) is 6.29. The van der Waals surface area contributed by atoms with Crippen LogP contribution in [0, 0.1) is 17.6 Å². The van der Waals surface area contributed by atoms with Gasteiger partial charge in [0.2, 0.25) is 0 Å². The molecule has 1 amide bonds. The van der Waals surface area contributed by atoms with E-state index in [9.17, 15) is 18.4 Å². The maximum atomic E-state index is 14.1. The van der Waals surface area contributed by atoms with Gasteiger partial charge in [-0.2, -0.15) is 5.10 Å². The lowest BCUT2D eigenvalue weighted by molar-refractivity contribution is 0.0626. The van der Waals surface area contributed by atoms with Crippen LogP contribution >= 0.6 is 0 Å². The van der Waals surface area contributed by atoms with Gasteiger partial charge >= 0.3 is 0 Å². The number of rotatable bonds is 6. The monoisotopic (exact) mass is 515 g/mol. The summed E-state index contributed by atoms with van der Waals surface area (Å²) in [7, 11) is 0. The van der Waals surface area contributed by atoms with Crippen LogP contribution < -0.4 is 17.0 Å². The van der Waals surface area contributed by atoms with Crippen molar-refractivity contribution in [2.24, 2.45) is 17.4 Å². The Bertz CT molecular complexity index is 1160. The number of aromatic nitrogens is 2. The molecule has 0 bridgehead atoms. The van der Waals surface area contributed by atoms with Crippen molar-refractivity contribution in [3.05, 3.63) is 80.9 Å². The lowest BCUT2D eigenvalue weighted by atomic mass is 9.85. The number of benzene rings is 1. The highest BCUT2D eigenvalue weighted by atomic mass is 19.1. The summed E-state index contributed by atoms with van der Waals surface area (Å²) < 4.78 is 28.3. The number of halogens is 2. The maximum absolute atomic E-state index is 14.1. The predicted molar refractivity (Wildman–Crippen MR) is 143 cm³/mol. The average Bonchev–Trinajstić information content (AvgIpc) is 3.65. The van der Waals surface area contributed by atoms with Crippen molar-refractivity contribution in [3.8, 4) is 0 Å². The van der Waals surface area contributed by atoms with Crippen LogP contribution in [0.25, 0.3) is 5.70 Å². The standard InChI is InChI=1S/C24H27F2N5O2.2C2H6/c1-24(10-11-24)31(23(33)19-8-9-20(32)30-29-19)13-15-5-2-4-14(22(15)28)12-18(27)21-16(25)6-3-7-17(21)26;2*1-2/h3,6-9,12,15H,2,4-5,10-11,13,27-28H2,1H3,(H,30,32);2*1-2H3/b18-12-;;.